The second kappa shape index (κ2) is 11.8. The van der Waals surface area contributed by atoms with Crippen LogP contribution in [0.25, 0.3) is 10.4 Å². The van der Waals surface area contributed by atoms with Gasteiger partial charge in [-0.25, -0.2) is 13.2 Å². The molecule has 0 aliphatic carbocycles. The highest BCUT2D eigenvalue weighted by Crippen LogP contribution is 2.25. The quantitative estimate of drug-likeness (QED) is 0.0799. The summed E-state index contributed by atoms with van der Waals surface area (Å²) in [7, 11) is -2.50. The van der Waals surface area contributed by atoms with Gasteiger partial charge in [-0.3, -0.25) is 14.4 Å². The van der Waals surface area contributed by atoms with E-state index in [0.29, 0.717) is 5.75 Å². The Labute approximate surface area is 194 Å². The normalized spacial score (nSPS) is 15.8. The number of rotatable bonds is 11. The van der Waals surface area contributed by atoms with Crippen molar-refractivity contribution in [2.45, 2.75) is 18.1 Å². The second-order valence-electron chi connectivity index (χ2n) is 6.22. The van der Waals surface area contributed by atoms with Gasteiger partial charge in [0.05, 0.1) is 18.4 Å². The van der Waals surface area contributed by atoms with Crippen molar-refractivity contribution in [3.8, 4) is 5.75 Å². The van der Waals surface area contributed by atoms with Gasteiger partial charge in [-0.05, 0) is 17.7 Å². The minimum absolute atomic E-state index is 0.00438. The summed E-state index contributed by atoms with van der Waals surface area (Å²) >= 11 is 0. The van der Waals surface area contributed by atoms with Crippen molar-refractivity contribution >= 4 is 61.1 Å². The molecule has 0 bridgehead atoms. The van der Waals surface area contributed by atoms with Crippen LogP contribution in [0.1, 0.15) is 23.2 Å². The summed E-state index contributed by atoms with van der Waals surface area (Å²) in [6, 6.07) is 3.84. The summed E-state index contributed by atoms with van der Waals surface area (Å²) in [5, 5.41) is 13.6. The van der Waals surface area contributed by atoms with E-state index in [1.165, 1.54) is 33.7 Å². The van der Waals surface area contributed by atoms with Crippen LogP contribution in [-0.2, 0) is 29.3 Å². The molecule has 1 aliphatic rings. The largest absolute Gasteiger partial charge is 0.747 e. The van der Waals surface area contributed by atoms with E-state index in [9.17, 15) is 37.3 Å². The standard InChI is InChI=1S/C16H17N5O9S3/c17-20-19-9-1-2-10(11(22)7-9)15(25)18-4-6-32-31-5-3-14(24)30-21-13(23)8-12(16(21)26)33(27,28)29/h1-2,7,12,22H,3-6,8H2,(H,18,25)(H,27,28,29)/p-1/t12-/m0/s1. The molecule has 1 saturated heterocycles. The zero-order chi connectivity index (χ0) is 24.6. The fourth-order valence-electron chi connectivity index (χ4n) is 2.42. The van der Waals surface area contributed by atoms with Gasteiger partial charge in [-0.1, -0.05) is 32.8 Å². The van der Waals surface area contributed by atoms with Gasteiger partial charge in [0.2, 0.25) is 0 Å². The van der Waals surface area contributed by atoms with E-state index in [0.717, 1.165) is 6.07 Å². The highest BCUT2D eigenvalue weighted by atomic mass is 33.1. The van der Waals surface area contributed by atoms with E-state index >= 15 is 0 Å². The molecule has 1 atom stereocenters. The average molecular weight is 519 g/mol. The maximum atomic E-state index is 12.0. The molecule has 1 heterocycles. The van der Waals surface area contributed by atoms with Crippen LogP contribution in [0.3, 0.4) is 0 Å². The number of hydrogen-bond donors (Lipinski definition) is 2. The predicted molar refractivity (Wildman–Crippen MR) is 115 cm³/mol. The third kappa shape index (κ3) is 7.54. The Kier molecular flexibility index (Phi) is 9.36. The number of carbonyl (C=O) groups excluding carboxylic acids is 4. The first-order chi connectivity index (χ1) is 15.5. The maximum absolute atomic E-state index is 12.0. The van der Waals surface area contributed by atoms with Crippen LogP contribution >= 0.6 is 21.6 Å². The van der Waals surface area contributed by atoms with Crippen molar-refractivity contribution in [1.29, 1.82) is 0 Å². The first-order valence-electron chi connectivity index (χ1n) is 8.97. The molecule has 17 heteroatoms. The number of carbonyl (C=O) groups is 4. The number of hydrogen-bond acceptors (Lipinski definition) is 12. The monoisotopic (exact) mass is 518 g/mol. The van der Waals surface area contributed by atoms with E-state index in [-0.39, 0.29) is 40.8 Å². The summed E-state index contributed by atoms with van der Waals surface area (Å²) < 4.78 is 32.8. The first-order valence-corrected chi connectivity index (χ1v) is 12.9. The Morgan fingerprint density at radius 2 is 2.03 bits per heavy atom. The number of phenols is 1. The molecule has 1 aromatic carbocycles. The molecule has 0 unspecified atom stereocenters. The van der Waals surface area contributed by atoms with Crippen LogP contribution in [0.15, 0.2) is 23.3 Å². The molecule has 178 valence electrons. The third-order valence-electron chi connectivity index (χ3n) is 3.93. The van der Waals surface area contributed by atoms with Gasteiger partial charge in [-0.2, -0.15) is 0 Å². The number of azide groups is 1. The summed E-state index contributed by atoms with van der Waals surface area (Å²) in [6.45, 7) is 0.236. The molecule has 2 rings (SSSR count). The lowest BCUT2D eigenvalue weighted by Gasteiger charge is -2.15. The van der Waals surface area contributed by atoms with E-state index in [4.69, 9.17) is 5.53 Å². The number of imide groups is 1. The molecule has 0 saturated carbocycles. The lowest BCUT2D eigenvalue weighted by Crippen LogP contribution is -2.36. The van der Waals surface area contributed by atoms with Crippen LogP contribution < -0.4 is 5.32 Å². The number of hydroxylamine groups is 2. The zero-order valence-electron chi connectivity index (χ0n) is 16.6. The van der Waals surface area contributed by atoms with E-state index in [1.807, 2.05) is 0 Å². The highest BCUT2D eigenvalue weighted by Gasteiger charge is 2.45. The van der Waals surface area contributed by atoms with Gasteiger partial charge in [0.1, 0.15) is 21.1 Å². The average Bonchev–Trinajstić information content (AvgIpc) is 3.01. The van der Waals surface area contributed by atoms with E-state index in [1.54, 1.807) is 0 Å². The fraction of sp³-hybridized carbons (Fsp3) is 0.375. The molecule has 1 aliphatic heterocycles. The Morgan fingerprint density at radius 1 is 1.33 bits per heavy atom. The minimum Gasteiger partial charge on any atom is -0.747 e. The van der Waals surface area contributed by atoms with Gasteiger partial charge in [0.25, 0.3) is 17.7 Å². The minimum atomic E-state index is -5.04. The molecule has 3 amide bonds. The number of phenolic OH excluding ortho intramolecular Hbond substituents is 1. The lowest BCUT2D eigenvalue weighted by atomic mass is 10.1. The second-order valence-corrected chi connectivity index (χ2v) is 10.5. The topological polar surface area (TPSA) is 219 Å². The summed E-state index contributed by atoms with van der Waals surface area (Å²) in [5.41, 5.74) is 8.52. The molecule has 0 spiro atoms. The molecule has 14 nitrogen and oxygen atoms in total. The van der Waals surface area contributed by atoms with Crippen LogP contribution in [0.4, 0.5) is 5.69 Å². The molecule has 33 heavy (non-hydrogen) atoms. The molecule has 0 radical (unpaired) electrons. The fourth-order valence-corrected chi connectivity index (χ4v) is 4.99. The Bertz CT molecular complexity index is 1100. The van der Waals surface area contributed by atoms with Gasteiger partial charge in [0.15, 0.2) is 0 Å². The van der Waals surface area contributed by atoms with Gasteiger partial charge in [-0.15, -0.1) is 5.06 Å². The molecular formula is C16H16N5O9S3-. The van der Waals surface area contributed by atoms with Crippen LogP contribution in [0.2, 0.25) is 0 Å². The summed E-state index contributed by atoms with van der Waals surface area (Å²) in [5.74, 6) is -3.65. The molecule has 1 fully saturated rings. The summed E-state index contributed by atoms with van der Waals surface area (Å²) in [6.07, 6.45) is -1.08. The van der Waals surface area contributed by atoms with Crippen molar-refractivity contribution in [1.82, 2.24) is 10.4 Å². The van der Waals surface area contributed by atoms with Crippen molar-refractivity contribution < 1.29 is 42.1 Å². The van der Waals surface area contributed by atoms with Crippen molar-refractivity contribution in [3.05, 3.63) is 34.2 Å². The van der Waals surface area contributed by atoms with Crippen molar-refractivity contribution in [3.63, 3.8) is 0 Å². The van der Waals surface area contributed by atoms with Crippen LogP contribution in [0.5, 0.6) is 5.75 Å². The molecule has 0 aromatic heterocycles. The number of benzene rings is 1. The molecule has 1 aromatic rings. The van der Waals surface area contributed by atoms with Crippen LogP contribution in [0, 0.1) is 0 Å². The summed E-state index contributed by atoms with van der Waals surface area (Å²) in [4.78, 5) is 54.3. The Hall–Kier alpha value is -2.98. The Morgan fingerprint density at radius 3 is 2.64 bits per heavy atom. The predicted octanol–water partition coefficient (Wildman–Crippen LogP) is 0.966. The zero-order valence-corrected chi connectivity index (χ0v) is 19.0. The highest BCUT2D eigenvalue weighted by molar-refractivity contribution is 8.76. The van der Waals surface area contributed by atoms with Gasteiger partial charge >= 0.3 is 5.97 Å². The van der Waals surface area contributed by atoms with Crippen molar-refractivity contribution in [2.24, 2.45) is 5.11 Å². The van der Waals surface area contributed by atoms with Gasteiger partial charge in [0, 0.05) is 28.6 Å². The van der Waals surface area contributed by atoms with E-state index < -0.39 is 45.5 Å². The number of aromatic hydroxyl groups is 1. The maximum Gasteiger partial charge on any atom is 0.334 e. The third-order valence-corrected chi connectivity index (χ3v) is 7.41. The number of nitrogens with one attached hydrogen (secondary N) is 1. The van der Waals surface area contributed by atoms with Crippen molar-refractivity contribution in [2.75, 3.05) is 18.1 Å². The van der Waals surface area contributed by atoms with E-state index in [2.05, 4.69) is 20.2 Å². The Balaban J connectivity index is 1.64. The molecular weight excluding hydrogens is 502 g/mol. The number of amides is 3. The smallest absolute Gasteiger partial charge is 0.334 e. The van der Waals surface area contributed by atoms with Crippen LogP contribution in [-0.4, -0.2) is 70.1 Å². The van der Waals surface area contributed by atoms with Gasteiger partial charge < -0.3 is 19.8 Å². The number of nitrogens with zero attached hydrogens (tertiary/aromatic N) is 4. The first kappa shape index (κ1) is 26.3. The molecule has 2 N–H and O–H groups in total. The SMILES string of the molecule is [N-]=[N+]=Nc1ccc(C(=O)NCCSSCCC(=O)ON2C(=O)C[C@H](S(=O)(=O)[O-])C2=O)c(O)c1. The lowest BCUT2D eigenvalue weighted by molar-refractivity contribution is -0.197.